The second-order valence-corrected chi connectivity index (χ2v) is 8.91. The fraction of sp³-hybridized carbons (Fsp3) is 0.346. The van der Waals surface area contributed by atoms with E-state index in [4.69, 9.17) is 18.6 Å². The molecule has 0 saturated carbocycles. The Bertz CT molecular complexity index is 1250. The zero-order valence-electron chi connectivity index (χ0n) is 18.4. The van der Waals surface area contributed by atoms with Gasteiger partial charge in [0, 0.05) is 24.7 Å². The van der Waals surface area contributed by atoms with E-state index in [0.717, 1.165) is 27.6 Å². The van der Waals surface area contributed by atoms with Crippen LogP contribution in [0.3, 0.4) is 0 Å². The van der Waals surface area contributed by atoms with Gasteiger partial charge in [0.2, 0.25) is 0 Å². The molecular formula is C26H26O5. The SMILES string of the molecule is COC1c2c(c3c(c4c(-c5ccccc5)cc(=O)oc24)OC(C)(C)C=C3)OC(C)C1C. The molecule has 2 aliphatic rings. The summed E-state index contributed by atoms with van der Waals surface area (Å²) in [7, 11) is 1.68. The maximum Gasteiger partial charge on any atom is 0.336 e. The summed E-state index contributed by atoms with van der Waals surface area (Å²) in [5.41, 5.74) is 2.87. The molecule has 5 nitrogen and oxygen atoms in total. The molecule has 0 bridgehead atoms. The van der Waals surface area contributed by atoms with Gasteiger partial charge >= 0.3 is 5.63 Å². The van der Waals surface area contributed by atoms with Gasteiger partial charge in [-0.15, -0.1) is 0 Å². The normalized spacial score (nSPS) is 23.6. The summed E-state index contributed by atoms with van der Waals surface area (Å²) in [5.74, 6) is 1.41. The Kier molecular flexibility index (Phi) is 4.48. The number of hydrogen-bond donors (Lipinski definition) is 0. The number of hydrogen-bond acceptors (Lipinski definition) is 5. The number of ether oxygens (including phenoxy) is 3. The van der Waals surface area contributed by atoms with Crippen LogP contribution < -0.4 is 15.1 Å². The summed E-state index contributed by atoms with van der Waals surface area (Å²) in [6.45, 7) is 8.12. The average molecular weight is 418 g/mol. The zero-order chi connectivity index (χ0) is 21.9. The van der Waals surface area contributed by atoms with Gasteiger partial charge in [-0.25, -0.2) is 4.79 Å². The molecule has 3 atom stereocenters. The molecule has 160 valence electrons. The van der Waals surface area contributed by atoms with Crippen LogP contribution in [-0.4, -0.2) is 18.8 Å². The highest BCUT2D eigenvalue weighted by molar-refractivity contribution is 6.04. The molecule has 5 rings (SSSR count). The van der Waals surface area contributed by atoms with E-state index in [1.807, 2.05) is 63.3 Å². The van der Waals surface area contributed by atoms with Crippen LogP contribution in [0.1, 0.15) is 44.9 Å². The molecule has 0 spiro atoms. The molecule has 0 N–H and O–H groups in total. The molecular weight excluding hydrogens is 392 g/mol. The first-order valence-electron chi connectivity index (χ1n) is 10.6. The van der Waals surface area contributed by atoms with Crippen molar-refractivity contribution in [2.24, 2.45) is 5.92 Å². The molecule has 3 unspecified atom stereocenters. The molecule has 31 heavy (non-hydrogen) atoms. The molecule has 0 radical (unpaired) electrons. The topological polar surface area (TPSA) is 57.9 Å². The summed E-state index contributed by atoms with van der Waals surface area (Å²) in [6.07, 6.45) is 3.73. The number of methoxy groups -OCH3 is 1. The fourth-order valence-electron chi connectivity index (χ4n) is 4.60. The Labute approximate surface area is 181 Å². The summed E-state index contributed by atoms with van der Waals surface area (Å²) < 4.78 is 24.6. The molecule has 3 heterocycles. The molecule has 0 aliphatic carbocycles. The first-order valence-corrected chi connectivity index (χ1v) is 10.6. The van der Waals surface area contributed by atoms with E-state index in [9.17, 15) is 4.79 Å². The predicted octanol–water partition coefficient (Wildman–Crippen LogP) is 5.75. The van der Waals surface area contributed by atoms with E-state index in [0.29, 0.717) is 17.1 Å². The Hall–Kier alpha value is -3.05. The second kappa shape index (κ2) is 6.99. The lowest BCUT2D eigenvalue weighted by molar-refractivity contribution is -0.0125. The van der Waals surface area contributed by atoms with Crippen LogP contribution in [0, 0.1) is 5.92 Å². The number of fused-ring (bicyclic) bond motifs is 6. The zero-order valence-corrected chi connectivity index (χ0v) is 18.4. The summed E-state index contributed by atoms with van der Waals surface area (Å²) in [4.78, 5) is 12.7. The summed E-state index contributed by atoms with van der Waals surface area (Å²) in [6, 6.07) is 11.4. The van der Waals surface area contributed by atoms with Gasteiger partial charge in [0.25, 0.3) is 0 Å². The van der Waals surface area contributed by atoms with E-state index in [1.165, 1.54) is 6.07 Å². The van der Waals surface area contributed by atoms with Gasteiger partial charge in [-0.2, -0.15) is 0 Å². The van der Waals surface area contributed by atoms with Crippen molar-refractivity contribution in [1.82, 2.24) is 0 Å². The van der Waals surface area contributed by atoms with E-state index in [2.05, 4.69) is 6.92 Å². The van der Waals surface area contributed by atoms with Crippen molar-refractivity contribution < 1.29 is 18.6 Å². The third kappa shape index (κ3) is 3.07. The van der Waals surface area contributed by atoms with Crippen LogP contribution in [0.2, 0.25) is 0 Å². The highest BCUT2D eigenvalue weighted by atomic mass is 16.5. The summed E-state index contributed by atoms with van der Waals surface area (Å²) >= 11 is 0. The lowest BCUT2D eigenvalue weighted by Gasteiger charge is -2.38. The van der Waals surface area contributed by atoms with Crippen molar-refractivity contribution in [1.29, 1.82) is 0 Å². The van der Waals surface area contributed by atoms with Crippen LogP contribution >= 0.6 is 0 Å². The standard InChI is InChI=1S/C26H26O5/c1-14-15(2)29-23-17-11-12-26(3,4)31-24(17)20-18(16-9-7-6-8-10-16)13-19(27)30-25(20)21(23)22(14)28-5/h6-15,22H,1-5H3. The molecule has 2 aromatic carbocycles. The monoisotopic (exact) mass is 418 g/mol. The maximum absolute atomic E-state index is 12.7. The van der Waals surface area contributed by atoms with Gasteiger partial charge in [0.15, 0.2) is 5.58 Å². The number of rotatable bonds is 2. The van der Waals surface area contributed by atoms with E-state index >= 15 is 0 Å². The summed E-state index contributed by atoms with van der Waals surface area (Å²) in [5, 5.41) is 0.768. The van der Waals surface area contributed by atoms with E-state index < -0.39 is 11.2 Å². The minimum Gasteiger partial charge on any atom is -0.489 e. The van der Waals surface area contributed by atoms with Crippen molar-refractivity contribution in [2.45, 2.75) is 45.5 Å². The fourth-order valence-corrected chi connectivity index (χ4v) is 4.60. The third-order valence-electron chi connectivity index (χ3n) is 6.33. The molecule has 0 saturated heterocycles. The highest BCUT2D eigenvalue weighted by Gasteiger charge is 2.40. The van der Waals surface area contributed by atoms with Crippen LogP contribution in [0.15, 0.2) is 51.7 Å². The molecule has 0 amide bonds. The van der Waals surface area contributed by atoms with Gasteiger partial charge in [-0.3, -0.25) is 0 Å². The Morgan fingerprint density at radius 2 is 1.81 bits per heavy atom. The van der Waals surface area contributed by atoms with Crippen molar-refractivity contribution in [2.75, 3.05) is 7.11 Å². The Morgan fingerprint density at radius 1 is 1.06 bits per heavy atom. The maximum atomic E-state index is 12.7. The molecule has 2 aliphatic heterocycles. The molecule has 5 heteroatoms. The average Bonchev–Trinajstić information content (AvgIpc) is 2.74. The van der Waals surface area contributed by atoms with Crippen molar-refractivity contribution >= 4 is 17.0 Å². The van der Waals surface area contributed by atoms with Crippen molar-refractivity contribution in [3.63, 3.8) is 0 Å². The minimum absolute atomic E-state index is 0.0636. The van der Waals surface area contributed by atoms with Crippen LogP contribution in [0.5, 0.6) is 11.5 Å². The van der Waals surface area contributed by atoms with Gasteiger partial charge in [0.1, 0.15) is 23.2 Å². The van der Waals surface area contributed by atoms with Gasteiger partial charge in [0.05, 0.1) is 22.6 Å². The molecule has 3 aromatic rings. The second-order valence-electron chi connectivity index (χ2n) is 8.91. The largest absolute Gasteiger partial charge is 0.489 e. The van der Waals surface area contributed by atoms with Crippen molar-refractivity contribution in [3.05, 3.63) is 64.0 Å². The van der Waals surface area contributed by atoms with Crippen LogP contribution in [0.25, 0.3) is 28.2 Å². The first kappa shape index (κ1) is 19.9. The lowest BCUT2D eigenvalue weighted by atomic mass is 9.84. The van der Waals surface area contributed by atoms with E-state index in [1.54, 1.807) is 7.11 Å². The molecule has 1 aromatic heterocycles. The number of benzene rings is 2. The van der Waals surface area contributed by atoms with Crippen LogP contribution in [-0.2, 0) is 4.74 Å². The minimum atomic E-state index is -0.507. The van der Waals surface area contributed by atoms with Gasteiger partial charge in [-0.1, -0.05) is 37.3 Å². The van der Waals surface area contributed by atoms with Crippen LogP contribution in [0.4, 0.5) is 0 Å². The van der Waals surface area contributed by atoms with Gasteiger partial charge < -0.3 is 18.6 Å². The lowest BCUT2D eigenvalue weighted by Crippen LogP contribution is -2.35. The first-order chi connectivity index (χ1) is 14.8. The van der Waals surface area contributed by atoms with E-state index in [-0.39, 0.29) is 18.1 Å². The third-order valence-corrected chi connectivity index (χ3v) is 6.33. The quantitative estimate of drug-likeness (QED) is 0.496. The van der Waals surface area contributed by atoms with Gasteiger partial charge in [-0.05, 0) is 38.5 Å². The Balaban J connectivity index is 1.97. The predicted molar refractivity (Wildman–Crippen MR) is 121 cm³/mol. The molecule has 0 fully saturated rings. The Morgan fingerprint density at radius 3 is 2.52 bits per heavy atom. The van der Waals surface area contributed by atoms with Crippen molar-refractivity contribution in [3.8, 4) is 22.6 Å². The highest BCUT2D eigenvalue weighted by Crippen LogP contribution is 2.53. The smallest absolute Gasteiger partial charge is 0.336 e.